The lowest BCUT2D eigenvalue weighted by atomic mass is 10.3. The molecule has 0 saturated carbocycles. The number of halogens is 1. The first-order valence-electron chi connectivity index (χ1n) is 6.81. The van der Waals surface area contributed by atoms with E-state index in [9.17, 15) is 0 Å². The van der Waals surface area contributed by atoms with Gasteiger partial charge in [0.2, 0.25) is 0 Å². The van der Waals surface area contributed by atoms with Crippen molar-refractivity contribution in [2.45, 2.75) is 26.4 Å². The highest BCUT2D eigenvalue weighted by molar-refractivity contribution is 9.10. The Morgan fingerprint density at radius 3 is 2.76 bits per heavy atom. The number of hydrogen-bond donors (Lipinski definition) is 1. The Hall–Kier alpha value is -1.95. The van der Waals surface area contributed by atoms with Gasteiger partial charge >= 0.3 is 0 Å². The van der Waals surface area contributed by atoms with Gasteiger partial charge in [-0.1, -0.05) is 0 Å². The molecular formula is C15H16BrN5. The van der Waals surface area contributed by atoms with Crippen LogP contribution in [-0.4, -0.2) is 19.7 Å². The lowest BCUT2D eigenvalue weighted by Crippen LogP contribution is -2.04. The Labute approximate surface area is 131 Å². The molecule has 0 unspecified atom stereocenters. The molecule has 6 heteroatoms. The molecule has 3 aromatic rings. The predicted octanol–water partition coefficient (Wildman–Crippen LogP) is 3.78. The van der Waals surface area contributed by atoms with Crippen LogP contribution in [0.25, 0.3) is 11.0 Å². The van der Waals surface area contributed by atoms with E-state index in [1.165, 1.54) is 0 Å². The van der Waals surface area contributed by atoms with E-state index in [2.05, 4.69) is 56.2 Å². The Morgan fingerprint density at radius 2 is 2.05 bits per heavy atom. The Balaban J connectivity index is 1.77. The lowest BCUT2D eigenvalue weighted by Gasteiger charge is -2.08. The maximum Gasteiger partial charge on any atom is 0.158 e. The second kappa shape index (κ2) is 5.81. The molecule has 0 aromatic carbocycles. The molecule has 3 rings (SSSR count). The number of nitrogens with zero attached hydrogens (tertiary/aromatic N) is 4. The van der Waals surface area contributed by atoms with Gasteiger partial charge in [-0.3, -0.25) is 4.98 Å². The molecule has 108 valence electrons. The summed E-state index contributed by atoms with van der Waals surface area (Å²) in [6.07, 6.45) is 5.48. The van der Waals surface area contributed by atoms with E-state index < -0.39 is 0 Å². The first-order chi connectivity index (χ1) is 10.1. The number of anilines is 1. The van der Waals surface area contributed by atoms with Gasteiger partial charge in [-0.05, 0) is 48.0 Å². The Kier molecular flexibility index (Phi) is 3.88. The van der Waals surface area contributed by atoms with Crippen molar-refractivity contribution in [2.75, 3.05) is 5.32 Å². The quantitative estimate of drug-likeness (QED) is 0.781. The molecule has 3 heterocycles. The summed E-state index contributed by atoms with van der Waals surface area (Å²) < 4.78 is 2.91. The Morgan fingerprint density at radius 1 is 1.19 bits per heavy atom. The van der Waals surface area contributed by atoms with Gasteiger partial charge in [-0.25, -0.2) is 9.67 Å². The van der Waals surface area contributed by atoms with Crippen molar-refractivity contribution >= 4 is 32.7 Å². The third-order valence-electron chi connectivity index (χ3n) is 3.18. The zero-order chi connectivity index (χ0) is 14.8. The van der Waals surface area contributed by atoms with Crippen LogP contribution in [0.5, 0.6) is 0 Å². The summed E-state index contributed by atoms with van der Waals surface area (Å²) in [6, 6.07) is 6.34. The van der Waals surface area contributed by atoms with E-state index in [4.69, 9.17) is 0 Å². The summed E-state index contributed by atoms with van der Waals surface area (Å²) in [5.74, 6) is 0. The monoisotopic (exact) mass is 345 g/mol. The van der Waals surface area contributed by atoms with Crippen LogP contribution in [0.15, 0.2) is 41.3 Å². The number of aromatic nitrogens is 4. The zero-order valence-corrected chi connectivity index (χ0v) is 13.5. The van der Waals surface area contributed by atoms with Gasteiger partial charge in [0.05, 0.1) is 30.3 Å². The number of nitrogens with one attached hydrogen (secondary N) is 1. The van der Waals surface area contributed by atoms with Crippen LogP contribution >= 0.6 is 15.9 Å². The molecule has 5 nitrogen and oxygen atoms in total. The van der Waals surface area contributed by atoms with Crippen LogP contribution in [0.3, 0.4) is 0 Å². The molecule has 1 N–H and O–H groups in total. The summed E-state index contributed by atoms with van der Waals surface area (Å²) in [5.41, 5.74) is 2.86. The third kappa shape index (κ3) is 3.05. The van der Waals surface area contributed by atoms with E-state index in [1.807, 2.05) is 29.2 Å². The van der Waals surface area contributed by atoms with Crippen LogP contribution < -0.4 is 5.32 Å². The Bertz CT molecular complexity index is 748. The van der Waals surface area contributed by atoms with Crippen molar-refractivity contribution in [1.82, 2.24) is 19.7 Å². The highest BCUT2D eigenvalue weighted by Crippen LogP contribution is 2.19. The molecule has 3 aromatic heterocycles. The van der Waals surface area contributed by atoms with Gasteiger partial charge in [-0.15, -0.1) is 0 Å². The fourth-order valence-electron chi connectivity index (χ4n) is 2.12. The minimum absolute atomic E-state index is 0.306. The van der Waals surface area contributed by atoms with E-state index in [-0.39, 0.29) is 0 Å². The van der Waals surface area contributed by atoms with E-state index in [1.54, 1.807) is 6.20 Å². The summed E-state index contributed by atoms with van der Waals surface area (Å²) >= 11 is 3.38. The SMILES string of the molecule is CC(C)n1ncc2cc(NCc3ccc(Br)cn3)cnc21. The van der Waals surface area contributed by atoms with Gasteiger partial charge < -0.3 is 5.32 Å². The number of hydrogen-bond acceptors (Lipinski definition) is 4. The average molecular weight is 346 g/mol. The molecule has 21 heavy (non-hydrogen) atoms. The largest absolute Gasteiger partial charge is 0.378 e. The fourth-order valence-corrected chi connectivity index (χ4v) is 2.35. The molecule has 0 aliphatic rings. The van der Waals surface area contributed by atoms with Crippen molar-refractivity contribution in [2.24, 2.45) is 0 Å². The maximum absolute atomic E-state index is 4.50. The maximum atomic E-state index is 4.50. The smallest absolute Gasteiger partial charge is 0.158 e. The van der Waals surface area contributed by atoms with Crippen molar-refractivity contribution < 1.29 is 0 Å². The van der Waals surface area contributed by atoms with Gasteiger partial charge in [0.1, 0.15) is 0 Å². The summed E-state index contributed by atoms with van der Waals surface area (Å²) in [6.45, 7) is 4.86. The highest BCUT2D eigenvalue weighted by atomic mass is 79.9. The van der Waals surface area contributed by atoms with Crippen molar-refractivity contribution in [3.05, 3.63) is 47.0 Å². The molecular weight excluding hydrogens is 330 g/mol. The second-order valence-electron chi connectivity index (χ2n) is 5.14. The van der Waals surface area contributed by atoms with Crippen LogP contribution in [0.2, 0.25) is 0 Å². The normalized spacial score (nSPS) is 11.2. The average Bonchev–Trinajstić information content (AvgIpc) is 2.90. The highest BCUT2D eigenvalue weighted by Gasteiger charge is 2.07. The van der Waals surface area contributed by atoms with E-state index in [0.717, 1.165) is 26.9 Å². The summed E-state index contributed by atoms with van der Waals surface area (Å²) in [7, 11) is 0. The topological polar surface area (TPSA) is 55.6 Å². The van der Waals surface area contributed by atoms with Crippen LogP contribution in [0, 0.1) is 0 Å². The fraction of sp³-hybridized carbons (Fsp3) is 0.267. The predicted molar refractivity (Wildman–Crippen MR) is 87.2 cm³/mol. The lowest BCUT2D eigenvalue weighted by molar-refractivity contribution is 0.546. The molecule has 0 saturated heterocycles. The molecule has 0 amide bonds. The first-order valence-corrected chi connectivity index (χ1v) is 7.60. The molecule has 0 atom stereocenters. The zero-order valence-electron chi connectivity index (χ0n) is 11.9. The molecule has 0 fully saturated rings. The molecule has 0 radical (unpaired) electrons. The van der Waals surface area contributed by atoms with Crippen LogP contribution in [0.4, 0.5) is 5.69 Å². The minimum atomic E-state index is 0.306. The van der Waals surface area contributed by atoms with Gasteiger partial charge in [0.25, 0.3) is 0 Å². The summed E-state index contributed by atoms with van der Waals surface area (Å²) in [5, 5.41) is 8.75. The van der Waals surface area contributed by atoms with Crippen molar-refractivity contribution in [3.8, 4) is 0 Å². The second-order valence-corrected chi connectivity index (χ2v) is 6.06. The van der Waals surface area contributed by atoms with Gasteiger partial charge in [0, 0.05) is 22.1 Å². The summed E-state index contributed by atoms with van der Waals surface area (Å²) in [4.78, 5) is 8.84. The van der Waals surface area contributed by atoms with Crippen molar-refractivity contribution in [1.29, 1.82) is 0 Å². The molecule has 0 aliphatic heterocycles. The third-order valence-corrected chi connectivity index (χ3v) is 3.65. The molecule has 0 aliphatic carbocycles. The number of rotatable bonds is 4. The van der Waals surface area contributed by atoms with Crippen LogP contribution in [0.1, 0.15) is 25.6 Å². The molecule has 0 bridgehead atoms. The standard InChI is InChI=1S/C15H16BrN5/c1-10(2)21-15-11(6-20-21)5-14(9-19-15)18-8-13-4-3-12(16)7-17-13/h3-7,9-10,18H,8H2,1-2H3. The van der Waals surface area contributed by atoms with Crippen molar-refractivity contribution in [3.63, 3.8) is 0 Å². The van der Waals surface area contributed by atoms with Crippen LogP contribution in [-0.2, 0) is 6.54 Å². The molecule has 0 spiro atoms. The van der Waals surface area contributed by atoms with E-state index >= 15 is 0 Å². The number of pyridine rings is 2. The minimum Gasteiger partial charge on any atom is -0.378 e. The van der Waals surface area contributed by atoms with E-state index in [0.29, 0.717) is 12.6 Å². The van der Waals surface area contributed by atoms with Gasteiger partial charge in [-0.2, -0.15) is 5.10 Å². The van der Waals surface area contributed by atoms with Gasteiger partial charge in [0.15, 0.2) is 5.65 Å². The number of fused-ring (bicyclic) bond motifs is 1. The first kappa shape index (κ1) is 14.0.